The number of aromatic nitrogens is 1. The molecule has 4 heteroatoms. The molecule has 1 fully saturated rings. The molecule has 132 valence electrons. The van der Waals surface area contributed by atoms with Gasteiger partial charge in [-0.15, -0.1) is 0 Å². The third-order valence-electron chi connectivity index (χ3n) is 5.37. The van der Waals surface area contributed by atoms with Gasteiger partial charge in [-0.05, 0) is 37.0 Å². The molecule has 1 amide bonds. The van der Waals surface area contributed by atoms with Gasteiger partial charge in [-0.25, -0.2) is 0 Å². The van der Waals surface area contributed by atoms with E-state index in [-0.39, 0.29) is 28.4 Å². The van der Waals surface area contributed by atoms with Gasteiger partial charge in [-0.2, -0.15) is 0 Å². The Morgan fingerprint density at radius 3 is 2.48 bits per heavy atom. The second-order valence-electron chi connectivity index (χ2n) is 7.58. The van der Waals surface area contributed by atoms with Crippen molar-refractivity contribution in [3.05, 3.63) is 69.6 Å². The van der Waals surface area contributed by atoms with Gasteiger partial charge in [-0.3, -0.25) is 9.59 Å². The zero-order chi connectivity index (χ0) is 18.2. The second-order valence-corrected chi connectivity index (χ2v) is 7.58. The average Bonchev–Trinajstić information content (AvgIpc) is 2.91. The largest absolute Gasteiger partial charge is 0.337 e. The topological polar surface area (TPSA) is 42.3 Å². The lowest BCUT2D eigenvalue weighted by atomic mass is 9.78. The Bertz CT molecular complexity index is 837. The van der Waals surface area contributed by atoms with Gasteiger partial charge in [0.2, 0.25) is 0 Å². The molecular weight excluding hydrogens is 312 g/mol. The van der Waals surface area contributed by atoms with Crippen LogP contribution in [0.15, 0.2) is 47.3 Å². The van der Waals surface area contributed by atoms with Crippen molar-refractivity contribution in [1.82, 2.24) is 9.47 Å². The number of amides is 1. The Kier molecular flexibility index (Phi) is 4.55. The van der Waals surface area contributed by atoms with Gasteiger partial charge >= 0.3 is 0 Å². The molecule has 0 radical (unpaired) electrons. The summed E-state index contributed by atoms with van der Waals surface area (Å²) in [6.45, 7) is 10.1. The van der Waals surface area contributed by atoms with Crippen LogP contribution in [0.1, 0.15) is 48.3 Å². The van der Waals surface area contributed by atoms with Crippen LogP contribution >= 0.6 is 0 Å². The Morgan fingerprint density at radius 2 is 1.84 bits per heavy atom. The summed E-state index contributed by atoms with van der Waals surface area (Å²) in [7, 11) is 0. The number of hydrogen-bond donors (Lipinski definition) is 0. The number of carbonyl (C=O) groups is 1. The summed E-state index contributed by atoms with van der Waals surface area (Å²) in [5.41, 5.74) is 2.20. The van der Waals surface area contributed by atoms with Crippen LogP contribution in [0.3, 0.4) is 0 Å². The van der Waals surface area contributed by atoms with Crippen LogP contribution in [0.4, 0.5) is 0 Å². The molecule has 0 bridgehead atoms. The molecular formula is C21H26N2O2. The van der Waals surface area contributed by atoms with Gasteiger partial charge in [0.15, 0.2) is 0 Å². The van der Waals surface area contributed by atoms with E-state index in [1.54, 1.807) is 10.6 Å². The van der Waals surface area contributed by atoms with E-state index in [1.165, 1.54) is 5.56 Å². The SMILES string of the molecule is CCn1c(C)ccc(C(=O)N2CC(c3ccccc3)C(C)(C)C2)c1=O. The van der Waals surface area contributed by atoms with Gasteiger partial charge in [0, 0.05) is 31.2 Å². The van der Waals surface area contributed by atoms with Crippen LogP contribution in [0, 0.1) is 12.3 Å². The average molecular weight is 338 g/mol. The third-order valence-corrected chi connectivity index (χ3v) is 5.37. The number of benzene rings is 1. The van der Waals surface area contributed by atoms with Crippen LogP contribution in [0.2, 0.25) is 0 Å². The highest BCUT2D eigenvalue weighted by Gasteiger charge is 2.42. The highest BCUT2D eigenvalue weighted by atomic mass is 16.2. The normalized spacial score (nSPS) is 19.2. The van der Waals surface area contributed by atoms with Crippen molar-refractivity contribution in [3.8, 4) is 0 Å². The van der Waals surface area contributed by atoms with Gasteiger partial charge in [0.1, 0.15) is 5.56 Å². The molecule has 1 aliphatic heterocycles. The molecule has 0 saturated carbocycles. The quantitative estimate of drug-likeness (QED) is 0.860. The standard InChI is InChI=1S/C21H26N2O2/c1-5-23-15(2)11-12-17(20(23)25)19(24)22-13-18(21(3,4)14-22)16-9-7-6-8-10-16/h6-12,18H,5,13-14H2,1-4H3. The first-order valence-corrected chi connectivity index (χ1v) is 8.90. The first kappa shape index (κ1) is 17.5. The Balaban J connectivity index is 1.91. The van der Waals surface area contributed by atoms with Gasteiger partial charge in [0.05, 0.1) is 0 Å². The lowest BCUT2D eigenvalue weighted by Gasteiger charge is -2.25. The fraction of sp³-hybridized carbons (Fsp3) is 0.429. The number of rotatable bonds is 3. The molecule has 3 rings (SSSR count). The van der Waals surface area contributed by atoms with E-state index in [1.807, 2.05) is 43.0 Å². The molecule has 1 aromatic heterocycles. The number of hydrogen-bond acceptors (Lipinski definition) is 2. The second kappa shape index (κ2) is 6.51. The molecule has 1 aromatic carbocycles. The summed E-state index contributed by atoms with van der Waals surface area (Å²) in [5.74, 6) is 0.121. The Labute approximate surface area is 149 Å². The van der Waals surface area contributed by atoms with Crippen molar-refractivity contribution in [2.75, 3.05) is 13.1 Å². The molecule has 4 nitrogen and oxygen atoms in total. The van der Waals surface area contributed by atoms with Crippen molar-refractivity contribution >= 4 is 5.91 Å². The lowest BCUT2D eigenvalue weighted by molar-refractivity contribution is 0.0775. The van der Waals surface area contributed by atoms with E-state index in [2.05, 4.69) is 26.0 Å². The van der Waals surface area contributed by atoms with Crippen LogP contribution in [0.5, 0.6) is 0 Å². The van der Waals surface area contributed by atoms with Crippen molar-refractivity contribution in [2.45, 2.75) is 40.2 Å². The zero-order valence-corrected chi connectivity index (χ0v) is 15.5. The number of likely N-dealkylation sites (tertiary alicyclic amines) is 1. The maximum absolute atomic E-state index is 13.0. The smallest absolute Gasteiger partial charge is 0.263 e. The number of nitrogens with zero attached hydrogens (tertiary/aromatic N) is 2. The fourth-order valence-electron chi connectivity index (χ4n) is 3.93. The number of pyridine rings is 1. The van der Waals surface area contributed by atoms with Crippen LogP contribution in [-0.2, 0) is 6.54 Å². The molecule has 0 N–H and O–H groups in total. The minimum absolute atomic E-state index is 0.0223. The van der Waals surface area contributed by atoms with Crippen molar-refractivity contribution in [1.29, 1.82) is 0 Å². The van der Waals surface area contributed by atoms with E-state index in [9.17, 15) is 9.59 Å². The van der Waals surface area contributed by atoms with E-state index < -0.39 is 0 Å². The van der Waals surface area contributed by atoms with Crippen molar-refractivity contribution in [2.24, 2.45) is 5.41 Å². The van der Waals surface area contributed by atoms with Gasteiger partial charge in [-0.1, -0.05) is 44.2 Å². The molecule has 1 aliphatic rings. The zero-order valence-electron chi connectivity index (χ0n) is 15.5. The fourth-order valence-corrected chi connectivity index (χ4v) is 3.93. The monoisotopic (exact) mass is 338 g/mol. The summed E-state index contributed by atoms with van der Waals surface area (Å²) in [6.07, 6.45) is 0. The molecule has 0 spiro atoms. The summed E-state index contributed by atoms with van der Waals surface area (Å²) < 4.78 is 1.66. The highest BCUT2D eigenvalue weighted by molar-refractivity contribution is 5.94. The number of carbonyl (C=O) groups excluding carboxylic acids is 1. The Hall–Kier alpha value is -2.36. The minimum atomic E-state index is -0.187. The summed E-state index contributed by atoms with van der Waals surface area (Å²) >= 11 is 0. The van der Waals surface area contributed by atoms with E-state index in [0.29, 0.717) is 19.6 Å². The van der Waals surface area contributed by atoms with Crippen molar-refractivity contribution in [3.63, 3.8) is 0 Å². The summed E-state index contributed by atoms with van der Waals surface area (Å²) in [4.78, 5) is 27.5. The van der Waals surface area contributed by atoms with Gasteiger partial charge < -0.3 is 9.47 Å². The van der Waals surface area contributed by atoms with Crippen LogP contribution in [0.25, 0.3) is 0 Å². The molecule has 1 saturated heterocycles. The molecule has 1 unspecified atom stereocenters. The summed E-state index contributed by atoms with van der Waals surface area (Å²) in [5, 5.41) is 0. The van der Waals surface area contributed by atoms with Crippen LogP contribution in [-0.4, -0.2) is 28.5 Å². The van der Waals surface area contributed by atoms with E-state index in [0.717, 1.165) is 5.69 Å². The van der Waals surface area contributed by atoms with Crippen molar-refractivity contribution < 1.29 is 4.79 Å². The maximum Gasteiger partial charge on any atom is 0.263 e. The third kappa shape index (κ3) is 3.13. The van der Waals surface area contributed by atoms with Gasteiger partial charge in [0.25, 0.3) is 11.5 Å². The molecule has 1 atom stereocenters. The van der Waals surface area contributed by atoms with E-state index in [4.69, 9.17) is 0 Å². The number of aryl methyl sites for hydroxylation is 1. The molecule has 0 aliphatic carbocycles. The maximum atomic E-state index is 13.0. The first-order chi connectivity index (χ1) is 11.8. The highest BCUT2D eigenvalue weighted by Crippen LogP contribution is 2.42. The molecule has 2 aromatic rings. The summed E-state index contributed by atoms with van der Waals surface area (Å²) in [6, 6.07) is 13.9. The lowest BCUT2D eigenvalue weighted by Crippen LogP contribution is -2.36. The predicted molar refractivity (Wildman–Crippen MR) is 100.0 cm³/mol. The molecule has 25 heavy (non-hydrogen) atoms. The first-order valence-electron chi connectivity index (χ1n) is 8.90. The predicted octanol–water partition coefficient (Wildman–Crippen LogP) is 3.44. The van der Waals surface area contributed by atoms with E-state index >= 15 is 0 Å². The minimum Gasteiger partial charge on any atom is -0.337 e. The Morgan fingerprint density at radius 1 is 1.16 bits per heavy atom. The van der Waals surface area contributed by atoms with Crippen LogP contribution < -0.4 is 5.56 Å². The molecule has 2 heterocycles.